The van der Waals surface area contributed by atoms with Crippen molar-refractivity contribution < 1.29 is 9.53 Å². The van der Waals surface area contributed by atoms with Gasteiger partial charge in [0.05, 0.1) is 0 Å². The third kappa shape index (κ3) is 6.66. The van der Waals surface area contributed by atoms with Crippen molar-refractivity contribution in [2.75, 3.05) is 19.7 Å². The Balaban J connectivity index is 3.49. The number of esters is 1. The Morgan fingerprint density at radius 3 is 2.64 bits per heavy atom. The number of carbonyl (C=O) groups is 1. The van der Waals surface area contributed by atoms with Gasteiger partial charge >= 0.3 is 5.97 Å². The van der Waals surface area contributed by atoms with E-state index >= 15 is 0 Å². The van der Waals surface area contributed by atoms with Gasteiger partial charge in [0, 0.05) is 12.1 Å². The maximum absolute atomic E-state index is 11.2. The zero-order valence-corrected chi connectivity index (χ0v) is 9.43. The Morgan fingerprint density at radius 2 is 2.07 bits per heavy atom. The van der Waals surface area contributed by atoms with E-state index in [1.54, 1.807) is 6.92 Å². The van der Waals surface area contributed by atoms with Crippen molar-refractivity contribution in [2.45, 2.75) is 33.6 Å². The molecule has 1 N–H and O–H groups in total. The first kappa shape index (κ1) is 13.2. The van der Waals surface area contributed by atoms with E-state index in [1.165, 1.54) is 0 Å². The van der Waals surface area contributed by atoms with E-state index in [4.69, 9.17) is 4.74 Å². The molecule has 0 amide bonds. The highest BCUT2D eigenvalue weighted by Gasteiger charge is 2.03. The van der Waals surface area contributed by atoms with Crippen LogP contribution in [0.15, 0.2) is 11.6 Å². The molecule has 0 aromatic carbocycles. The quantitative estimate of drug-likeness (QED) is 0.386. The molecule has 0 spiro atoms. The number of ether oxygens (including phenoxy) is 1. The molecule has 0 aliphatic carbocycles. The van der Waals surface area contributed by atoms with Gasteiger partial charge in [-0.05, 0) is 26.3 Å². The number of nitrogens with one attached hydrogen (secondary N) is 1. The molecule has 3 heteroatoms. The van der Waals surface area contributed by atoms with Crippen LogP contribution in [0.4, 0.5) is 0 Å². The molecule has 0 radical (unpaired) electrons. The van der Waals surface area contributed by atoms with Crippen LogP contribution in [0.3, 0.4) is 0 Å². The molecule has 0 aromatic heterocycles. The summed E-state index contributed by atoms with van der Waals surface area (Å²) in [7, 11) is 0. The van der Waals surface area contributed by atoms with Crippen LogP contribution in [0, 0.1) is 0 Å². The number of rotatable bonds is 7. The van der Waals surface area contributed by atoms with Gasteiger partial charge in [0.15, 0.2) is 0 Å². The molecular formula is C11H21NO2. The first-order chi connectivity index (χ1) is 6.72. The Morgan fingerprint density at radius 1 is 1.36 bits per heavy atom. The molecule has 0 aromatic rings. The maximum atomic E-state index is 11.2. The molecule has 0 atom stereocenters. The topological polar surface area (TPSA) is 38.3 Å². The fraction of sp³-hybridized carbons (Fsp3) is 0.727. The van der Waals surface area contributed by atoms with Gasteiger partial charge < -0.3 is 10.1 Å². The number of hydrogen-bond donors (Lipinski definition) is 1. The van der Waals surface area contributed by atoms with E-state index < -0.39 is 0 Å². The highest BCUT2D eigenvalue weighted by molar-refractivity contribution is 5.87. The van der Waals surface area contributed by atoms with Gasteiger partial charge in [-0.1, -0.05) is 19.9 Å². The second-order valence-corrected chi connectivity index (χ2v) is 3.18. The van der Waals surface area contributed by atoms with Gasteiger partial charge in [0.2, 0.25) is 0 Å². The maximum Gasteiger partial charge on any atom is 0.333 e. The fourth-order valence-electron chi connectivity index (χ4n) is 1.02. The SMILES string of the molecule is CCC=C(C)C(=O)OCCNCCC. The summed E-state index contributed by atoms with van der Waals surface area (Å²) in [6.45, 7) is 8.05. The van der Waals surface area contributed by atoms with Crippen LogP contribution in [0.2, 0.25) is 0 Å². The number of carbonyl (C=O) groups excluding carboxylic acids is 1. The van der Waals surface area contributed by atoms with Gasteiger partial charge in [0.1, 0.15) is 6.61 Å². The van der Waals surface area contributed by atoms with Gasteiger partial charge in [0.25, 0.3) is 0 Å². The number of hydrogen-bond acceptors (Lipinski definition) is 3. The van der Waals surface area contributed by atoms with Crippen LogP contribution in [0.1, 0.15) is 33.6 Å². The minimum Gasteiger partial charge on any atom is -0.461 e. The van der Waals surface area contributed by atoms with Crippen molar-refractivity contribution in [3.63, 3.8) is 0 Å². The third-order valence-electron chi connectivity index (χ3n) is 1.77. The van der Waals surface area contributed by atoms with Crippen LogP contribution < -0.4 is 5.32 Å². The summed E-state index contributed by atoms with van der Waals surface area (Å²) in [4.78, 5) is 11.2. The Hall–Kier alpha value is -0.830. The molecule has 0 aliphatic rings. The lowest BCUT2D eigenvalue weighted by atomic mass is 10.2. The van der Waals surface area contributed by atoms with E-state index in [9.17, 15) is 4.79 Å². The monoisotopic (exact) mass is 199 g/mol. The van der Waals surface area contributed by atoms with Gasteiger partial charge in [-0.2, -0.15) is 0 Å². The second-order valence-electron chi connectivity index (χ2n) is 3.18. The van der Waals surface area contributed by atoms with Gasteiger partial charge in [-0.15, -0.1) is 0 Å². The van der Waals surface area contributed by atoms with Gasteiger partial charge in [-0.25, -0.2) is 4.79 Å². The van der Waals surface area contributed by atoms with E-state index in [1.807, 2.05) is 13.0 Å². The summed E-state index contributed by atoms with van der Waals surface area (Å²) in [6.07, 6.45) is 3.85. The second kappa shape index (κ2) is 8.75. The zero-order valence-electron chi connectivity index (χ0n) is 9.43. The molecule has 0 bridgehead atoms. The van der Waals surface area contributed by atoms with E-state index in [-0.39, 0.29) is 5.97 Å². The van der Waals surface area contributed by atoms with Crippen molar-refractivity contribution in [3.05, 3.63) is 11.6 Å². The largest absolute Gasteiger partial charge is 0.461 e. The highest BCUT2D eigenvalue weighted by Crippen LogP contribution is 1.97. The molecule has 0 aliphatic heterocycles. The fourth-order valence-corrected chi connectivity index (χ4v) is 1.02. The van der Waals surface area contributed by atoms with Crippen molar-refractivity contribution >= 4 is 5.97 Å². The lowest BCUT2D eigenvalue weighted by Crippen LogP contribution is -2.22. The van der Waals surface area contributed by atoms with Crippen LogP contribution in [0.25, 0.3) is 0 Å². The Kier molecular flexibility index (Phi) is 8.24. The minimum atomic E-state index is -0.204. The summed E-state index contributed by atoms with van der Waals surface area (Å²) in [5.41, 5.74) is 0.697. The lowest BCUT2D eigenvalue weighted by molar-refractivity contribution is -0.138. The normalized spacial score (nSPS) is 11.5. The predicted molar refractivity (Wildman–Crippen MR) is 58.2 cm³/mol. The molecule has 0 unspecified atom stereocenters. The average molecular weight is 199 g/mol. The molecule has 82 valence electrons. The molecular weight excluding hydrogens is 178 g/mol. The summed E-state index contributed by atoms with van der Waals surface area (Å²) in [6, 6.07) is 0. The van der Waals surface area contributed by atoms with Crippen molar-refractivity contribution in [3.8, 4) is 0 Å². The minimum absolute atomic E-state index is 0.204. The van der Waals surface area contributed by atoms with Crippen LogP contribution in [-0.4, -0.2) is 25.7 Å². The Bertz CT molecular complexity index is 188. The zero-order chi connectivity index (χ0) is 10.8. The van der Waals surface area contributed by atoms with Crippen LogP contribution in [0.5, 0.6) is 0 Å². The van der Waals surface area contributed by atoms with Crippen LogP contribution >= 0.6 is 0 Å². The Labute approximate surface area is 86.5 Å². The molecule has 0 saturated heterocycles. The van der Waals surface area contributed by atoms with E-state index in [2.05, 4.69) is 12.2 Å². The first-order valence-electron chi connectivity index (χ1n) is 5.27. The first-order valence-corrected chi connectivity index (χ1v) is 5.27. The highest BCUT2D eigenvalue weighted by atomic mass is 16.5. The average Bonchev–Trinajstić information content (AvgIpc) is 2.17. The van der Waals surface area contributed by atoms with E-state index in [0.29, 0.717) is 12.2 Å². The van der Waals surface area contributed by atoms with Gasteiger partial charge in [-0.3, -0.25) is 0 Å². The molecule has 0 saturated carbocycles. The molecule has 0 rings (SSSR count). The smallest absolute Gasteiger partial charge is 0.333 e. The van der Waals surface area contributed by atoms with Crippen LogP contribution in [-0.2, 0) is 9.53 Å². The molecule has 14 heavy (non-hydrogen) atoms. The summed E-state index contributed by atoms with van der Waals surface area (Å²) in [5.74, 6) is -0.204. The summed E-state index contributed by atoms with van der Waals surface area (Å²) < 4.78 is 5.03. The van der Waals surface area contributed by atoms with Crippen molar-refractivity contribution in [1.82, 2.24) is 5.32 Å². The van der Waals surface area contributed by atoms with E-state index in [0.717, 1.165) is 25.9 Å². The standard InChI is InChI=1S/C11H21NO2/c1-4-6-10(3)11(13)14-9-8-12-7-5-2/h6,12H,4-5,7-9H2,1-3H3. The summed E-state index contributed by atoms with van der Waals surface area (Å²) >= 11 is 0. The third-order valence-corrected chi connectivity index (χ3v) is 1.77. The number of allylic oxidation sites excluding steroid dienone is 1. The molecule has 0 heterocycles. The molecule has 3 nitrogen and oxygen atoms in total. The molecule has 0 fully saturated rings. The lowest BCUT2D eigenvalue weighted by Gasteiger charge is -2.05. The summed E-state index contributed by atoms with van der Waals surface area (Å²) in [5, 5.41) is 3.16. The predicted octanol–water partition coefficient (Wildman–Crippen LogP) is 1.89. The van der Waals surface area contributed by atoms with Crippen molar-refractivity contribution in [2.24, 2.45) is 0 Å². The van der Waals surface area contributed by atoms with Crippen molar-refractivity contribution in [1.29, 1.82) is 0 Å².